The molecule has 1 aromatic rings. The number of nitrogens with one attached hydrogen (secondary N) is 1. The lowest BCUT2D eigenvalue weighted by atomic mass is 10.1. The van der Waals surface area contributed by atoms with Crippen LogP contribution in [0.1, 0.15) is 26.2 Å². The molecule has 0 saturated heterocycles. The van der Waals surface area contributed by atoms with Crippen LogP contribution in [0.3, 0.4) is 0 Å². The molecule has 0 amide bonds. The Balaban J connectivity index is 2.29. The van der Waals surface area contributed by atoms with Crippen LogP contribution in [0.25, 0.3) is 0 Å². The number of nitrogens with zero attached hydrogens (tertiary/aromatic N) is 1. The number of hydrogen-bond donors (Lipinski definition) is 1. The Morgan fingerprint density at radius 1 is 1.22 bits per heavy atom. The fraction of sp³-hybridized carbons (Fsp3) is 0.600. The molecule has 1 rings (SSSR count). The zero-order valence-corrected chi connectivity index (χ0v) is 12.1. The Kier molecular flexibility index (Phi) is 6.58. The first-order valence-corrected chi connectivity index (χ1v) is 6.70. The summed E-state index contributed by atoms with van der Waals surface area (Å²) in [4.78, 5) is 2.30. The highest BCUT2D eigenvalue weighted by Gasteiger charge is 2.02. The maximum Gasteiger partial charge on any atom is 0.119 e. The van der Waals surface area contributed by atoms with Crippen LogP contribution in [0.15, 0.2) is 24.3 Å². The number of ether oxygens (including phenoxy) is 1. The molecule has 0 radical (unpaired) electrons. The lowest BCUT2D eigenvalue weighted by molar-refractivity contribution is 0.415. The predicted octanol–water partition coefficient (Wildman–Crippen LogP) is 2.91. The van der Waals surface area contributed by atoms with Gasteiger partial charge in [-0.15, -0.1) is 0 Å². The second-order valence-corrected chi connectivity index (χ2v) is 4.81. The number of hydrogen-bond acceptors (Lipinski definition) is 3. The third-order valence-electron chi connectivity index (χ3n) is 3.39. The minimum atomic E-state index is 0.622. The van der Waals surface area contributed by atoms with Gasteiger partial charge in [0.15, 0.2) is 0 Å². The zero-order valence-electron chi connectivity index (χ0n) is 12.1. The van der Waals surface area contributed by atoms with Crippen molar-refractivity contribution >= 4 is 5.69 Å². The maximum atomic E-state index is 5.16. The minimum absolute atomic E-state index is 0.622. The van der Waals surface area contributed by atoms with E-state index in [2.05, 4.69) is 36.3 Å². The summed E-state index contributed by atoms with van der Waals surface area (Å²) in [5.74, 6) is 0.912. The van der Waals surface area contributed by atoms with Crippen molar-refractivity contribution in [1.82, 2.24) is 5.32 Å². The topological polar surface area (TPSA) is 24.5 Å². The van der Waals surface area contributed by atoms with Gasteiger partial charge in [0.1, 0.15) is 5.75 Å². The second kappa shape index (κ2) is 7.98. The van der Waals surface area contributed by atoms with Crippen molar-refractivity contribution in [2.24, 2.45) is 0 Å². The molecule has 1 N–H and O–H groups in total. The van der Waals surface area contributed by atoms with Crippen molar-refractivity contribution in [2.45, 2.75) is 32.2 Å². The number of unbranched alkanes of at least 4 members (excludes halogenated alkanes) is 1. The van der Waals surface area contributed by atoms with Crippen LogP contribution < -0.4 is 15.0 Å². The molecule has 0 heterocycles. The highest BCUT2D eigenvalue weighted by molar-refractivity contribution is 5.48. The van der Waals surface area contributed by atoms with Gasteiger partial charge in [-0.25, -0.2) is 0 Å². The van der Waals surface area contributed by atoms with E-state index >= 15 is 0 Å². The van der Waals surface area contributed by atoms with E-state index in [0.29, 0.717) is 6.04 Å². The molecule has 0 aliphatic heterocycles. The van der Waals surface area contributed by atoms with Crippen LogP contribution in [0.2, 0.25) is 0 Å². The molecule has 3 heteroatoms. The zero-order chi connectivity index (χ0) is 13.4. The first-order chi connectivity index (χ1) is 8.67. The Morgan fingerprint density at radius 3 is 2.44 bits per heavy atom. The fourth-order valence-corrected chi connectivity index (χ4v) is 1.91. The summed E-state index contributed by atoms with van der Waals surface area (Å²) < 4.78 is 5.16. The lowest BCUT2D eigenvalue weighted by Crippen LogP contribution is -2.22. The van der Waals surface area contributed by atoms with E-state index in [1.807, 2.05) is 19.2 Å². The maximum absolute atomic E-state index is 5.16. The Labute approximate surface area is 111 Å². The largest absolute Gasteiger partial charge is 0.497 e. The van der Waals surface area contributed by atoms with Crippen molar-refractivity contribution in [3.05, 3.63) is 24.3 Å². The summed E-state index contributed by atoms with van der Waals surface area (Å²) in [6.07, 6.45) is 3.74. The number of methoxy groups -OCH3 is 1. The molecule has 1 atom stereocenters. The van der Waals surface area contributed by atoms with Gasteiger partial charge in [0.25, 0.3) is 0 Å². The van der Waals surface area contributed by atoms with Crippen LogP contribution in [0, 0.1) is 0 Å². The van der Waals surface area contributed by atoms with E-state index in [1.165, 1.54) is 24.9 Å². The molecule has 0 bridgehead atoms. The van der Waals surface area contributed by atoms with Gasteiger partial charge in [-0.1, -0.05) is 6.42 Å². The van der Waals surface area contributed by atoms with Gasteiger partial charge in [0.2, 0.25) is 0 Å². The first-order valence-electron chi connectivity index (χ1n) is 6.70. The summed E-state index contributed by atoms with van der Waals surface area (Å²) in [6.45, 7) is 3.33. The van der Waals surface area contributed by atoms with Crippen molar-refractivity contribution in [1.29, 1.82) is 0 Å². The van der Waals surface area contributed by atoms with Crippen molar-refractivity contribution < 1.29 is 4.74 Å². The third kappa shape index (κ3) is 4.96. The van der Waals surface area contributed by atoms with Crippen LogP contribution in [-0.4, -0.2) is 33.8 Å². The minimum Gasteiger partial charge on any atom is -0.497 e. The van der Waals surface area contributed by atoms with Gasteiger partial charge in [-0.2, -0.15) is 0 Å². The predicted molar refractivity (Wildman–Crippen MR) is 78.6 cm³/mol. The molecule has 3 nitrogen and oxygen atoms in total. The number of rotatable bonds is 8. The molecule has 0 aliphatic carbocycles. The molecule has 0 fully saturated rings. The fourth-order valence-electron chi connectivity index (χ4n) is 1.91. The third-order valence-corrected chi connectivity index (χ3v) is 3.39. The molecule has 0 aliphatic rings. The molecular formula is C15H26N2O. The van der Waals surface area contributed by atoms with Crippen molar-refractivity contribution in [3.63, 3.8) is 0 Å². The van der Waals surface area contributed by atoms with Gasteiger partial charge in [-0.3, -0.25) is 0 Å². The van der Waals surface area contributed by atoms with Gasteiger partial charge in [0, 0.05) is 25.3 Å². The SMILES string of the molecule is CNC(C)CCCCN(C)c1ccc(OC)cc1. The highest BCUT2D eigenvalue weighted by Crippen LogP contribution is 2.18. The van der Waals surface area contributed by atoms with E-state index < -0.39 is 0 Å². The van der Waals surface area contributed by atoms with Crippen LogP contribution in [0.5, 0.6) is 5.75 Å². The summed E-state index contributed by atoms with van der Waals surface area (Å²) >= 11 is 0. The molecule has 0 aromatic heterocycles. The van der Waals surface area contributed by atoms with Gasteiger partial charge in [0.05, 0.1) is 7.11 Å². The summed E-state index contributed by atoms with van der Waals surface area (Å²) in [6, 6.07) is 8.85. The standard InChI is InChI=1S/C15H26N2O/c1-13(16-2)7-5-6-12-17(3)14-8-10-15(18-4)11-9-14/h8-11,13,16H,5-7,12H2,1-4H3. The van der Waals surface area contributed by atoms with Crippen molar-refractivity contribution in [2.75, 3.05) is 32.6 Å². The molecule has 0 spiro atoms. The number of anilines is 1. The Hall–Kier alpha value is -1.22. The molecule has 102 valence electrons. The highest BCUT2D eigenvalue weighted by atomic mass is 16.5. The monoisotopic (exact) mass is 250 g/mol. The second-order valence-electron chi connectivity index (χ2n) is 4.81. The summed E-state index contributed by atoms with van der Waals surface area (Å²) in [5.41, 5.74) is 1.25. The van der Waals surface area contributed by atoms with Crippen LogP contribution >= 0.6 is 0 Å². The van der Waals surface area contributed by atoms with Gasteiger partial charge >= 0.3 is 0 Å². The normalized spacial score (nSPS) is 12.2. The van der Waals surface area contributed by atoms with E-state index in [1.54, 1.807) is 7.11 Å². The molecule has 18 heavy (non-hydrogen) atoms. The smallest absolute Gasteiger partial charge is 0.119 e. The quantitative estimate of drug-likeness (QED) is 0.718. The molecule has 1 aromatic carbocycles. The average molecular weight is 250 g/mol. The van der Waals surface area contributed by atoms with Gasteiger partial charge in [-0.05, 0) is 51.1 Å². The van der Waals surface area contributed by atoms with Crippen LogP contribution in [-0.2, 0) is 0 Å². The molecule has 1 unspecified atom stereocenters. The Bertz CT molecular complexity index is 324. The Morgan fingerprint density at radius 2 is 1.89 bits per heavy atom. The van der Waals surface area contributed by atoms with Crippen molar-refractivity contribution in [3.8, 4) is 5.75 Å². The van der Waals surface area contributed by atoms with E-state index in [4.69, 9.17) is 4.74 Å². The molecular weight excluding hydrogens is 224 g/mol. The average Bonchev–Trinajstić information content (AvgIpc) is 2.43. The van der Waals surface area contributed by atoms with E-state index in [-0.39, 0.29) is 0 Å². The first kappa shape index (κ1) is 14.8. The van der Waals surface area contributed by atoms with Gasteiger partial charge < -0.3 is 15.0 Å². The molecule has 0 saturated carbocycles. The van der Waals surface area contributed by atoms with E-state index in [0.717, 1.165) is 12.3 Å². The van der Waals surface area contributed by atoms with Crippen LogP contribution in [0.4, 0.5) is 5.69 Å². The van der Waals surface area contributed by atoms with E-state index in [9.17, 15) is 0 Å². The summed E-state index contributed by atoms with van der Waals surface area (Å²) in [5, 5.41) is 3.27. The lowest BCUT2D eigenvalue weighted by Gasteiger charge is -2.20. The summed E-state index contributed by atoms with van der Waals surface area (Å²) in [7, 11) is 5.86. The number of benzene rings is 1.